The van der Waals surface area contributed by atoms with Crippen molar-refractivity contribution >= 4 is 5.78 Å². The molecule has 0 radical (unpaired) electrons. The Bertz CT molecular complexity index is 196. The number of Topliss-reactive ketones (excluding diaryl/α,β-unsaturated/α-hetero) is 1. The first-order valence-electron chi connectivity index (χ1n) is 5.51. The number of ketones is 1. The van der Waals surface area contributed by atoms with Crippen LogP contribution in [-0.4, -0.2) is 37.2 Å². The topological polar surface area (TPSA) is 61.5 Å². The summed E-state index contributed by atoms with van der Waals surface area (Å²) in [6, 6.07) is 0. The molecule has 0 bridgehead atoms. The molecule has 0 aliphatic heterocycles. The fraction of sp³-hybridized carbons (Fsp3) is 0.909. The zero-order valence-corrected chi connectivity index (χ0v) is 10.2. The lowest BCUT2D eigenvalue weighted by Gasteiger charge is -2.29. The van der Waals surface area contributed by atoms with E-state index in [0.717, 1.165) is 0 Å². The standard InChI is InChI=1S/C11H23NO3/c1-5-11(4,15-8-7-12)10(13)9(3)14-6-2/h9H,5-8,12H2,1-4H3. The molecule has 15 heavy (non-hydrogen) atoms. The van der Waals surface area contributed by atoms with Gasteiger partial charge in [-0.3, -0.25) is 4.79 Å². The fourth-order valence-corrected chi connectivity index (χ4v) is 1.39. The average Bonchev–Trinajstić information content (AvgIpc) is 2.25. The average molecular weight is 217 g/mol. The van der Waals surface area contributed by atoms with E-state index < -0.39 is 11.7 Å². The second-order valence-electron chi connectivity index (χ2n) is 3.68. The summed E-state index contributed by atoms with van der Waals surface area (Å²) in [7, 11) is 0. The maximum absolute atomic E-state index is 12.0. The Morgan fingerprint density at radius 3 is 2.47 bits per heavy atom. The van der Waals surface area contributed by atoms with E-state index in [-0.39, 0.29) is 5.78 Å². The largest absolute Gasteiger partial charge is 0.371 e. The van der Waals surface area contributed by atoms with Gasteiger partial charge >= 0.3 is 0 Å². The molecule has 0 heterocycles. The highest BCUT2D eigenvalue weighted by atomic mass is 16.5. The third kappa shape index (κ3) is 4.28. The van der Waals surface area contributed by atoms with Crippen molar-refractivity contribution in [3.05, 3.63) is 0 Å². The Morgan fingerprint density at radius 1 is 1.47 bits per heavy atom. The van der Waals surface area contributed by atoms with Gasteiger partial charge in [0.05, 0.1) is 6.61 Å². The van der Waals surface area contributed by atoms with Crippen molar-refractivity contribution in [2.24, 2.45) is 5.73 Å². The Kier molecular flexibility index (Phi) is 6.72. The minimum Gasteiger partial charge on any atom is -0.371 e. The lowest BCUT2D eigenvalue weighted by Crippen LogP contribution is -2.45. The fourth-order valence-electron chi connectivity index (χ4n) is 1.39. The number of carbonyl (C=O) groups excluding carboxylic acids is 1. The molecule has 0 spiro atoms. The molecule has 0 aromatic carbocycles. The van der Waals surface area contributed by atoms with Crippen LogP contribution in [0.15, 0.2) is 0 Å². The second-order valence-corrected chi connectivity index (χ2v) is 3.68. The van der Waals surface area contributed by atoms with Gasteiger partial charge in [-0.2, -0.15) is 0 Å². The highest BCUT2D eigenvalue weighted by Crippen LogP contribution is 2.19. The minimum absolute atomic E-state index is 0.0136. The van der Waals surface area contributed by atoms with Gasteiger partial charge in [-0.05, 0) is 27.2 Å². The number of rotatable bonds is 8. The summed E-state index contributed by atoms with van der Waals surface area (Å²) in [5.74, 6) is -0.0136. The number of nitrogens with two attached hydrogens (primary N) is 1. The molecule has 90 valence electrons. The van der Waals surface area contributed by atoms with E-state index in [1.54, 1.807) is 13.8 Å². The number of carbonyl (C=O) groups is 1. The highest BCUT2D eigenvalue weighted by Gasteiger charge is 2.35. The van der Waals surface area contributed by atoms with Gasteiger partial charge in [-0.15, -0.1) is 0 Å². The molecular formula is C11H23NO3. The first-order chi connectivity index (χ1) is 7.01. The van der Waals surface area contributed by atoms with Gasteiger partial charge in [0.2, 0.25) is 0 Å². The SMILES string of the molecule is CCOC(C)C(=O)C(C)(CC)OCCN. The third-order valence-electron chi connectivity index (χ3n) is 2.52. The van der Waals surface area contributed by atoms with E-state index >= 15 is 0 Å². The molecule has 2 unspecified atom stereocenters. The Balaban J connectivity index is 4.42. The normalized spacial score (nSPS) is 17.1. The van der Waals surface area contributed by atoms with Crippen LogP contribution in [0.25, 0.3) is 0 Å². The summed E-state index contributed by atoms with van der Waals surface area (Å²) in [5, 5.41) is 0. The van der Waals surface area contributed by atoms with Crippen LogP contribution in [0.1, 0.15) is 34.1 Å². The van der Waals surface area contributed by atoms with E-state index in [2.05, 4.69) is 0 Å². The van der Waals surface area contributed by atoms with Gasteiger partial charge in [0.15, 0.2) is 5.78 Å². The van der Waals surface area contributed by atoms with Crippen molar-refractivity contribution < 1.29 is 14.3 Å². The Morgan fingerprint density at radius 2 is 2.07 bits per heavy atom. The maximum atomic E-state index is 12.0. The van der Waals surface area contributed by atoms with Crippen LogP contribution in [0, 0.1) is 0 Å². The van der Waals surface area contributed by atoms with E-state index in [1.807, 2.05) is 13.8 Å². The maximum Gasteiger partial charge on any atom is 0.192 e. The highest BCUT2D eigenvalue weighted by molar-refractivity contribution is 5.90. The van der Waals surface area contributed by atoms with Crippen molar-refractivity contribution in [2.45, 2.75) is 45.8 Å². The van der Waals surface area contributed by atoms with Crippen LogP contribution < -0.4 is 5.73 Å². The van der Waals surface area contributed by atoms with Crippen LogP contribution in [0.4, 0.5) is 0 Å². The van der Waals surface area contributed by atoms with Crippen LogP contribution in [0.3, 0.4) is 0 Å². The summed E-state index contributed by atoms with van der Waals surface area (Å²) < 4.78 is 10.8. The lowest BCUT2D eigenvalue weighted by molar-refractivity contribution is -0.153. The molecule has 0 aromatic heterocycles. The number of hydrogen-bond donors (Lipinski definition) is 1. The smallest absolute Gasteiger partial charge is 0.192 e. The summed E-state index contributed by atoms with van der Waals surface area (Å²) in [4.78, 5) is 12.0. The Hall–Kier alpha value is -0.450. The van der Waals surface area contributed by atoms with Crippen LogP contribution >= 0.6 is 0 Å². The second kappa shape index (κ2) is 6.93. The van der Waals surface area contributed by atoms with Crippen LogP contribution in [0.2, 0.25) is 0 Å². The number of ether oxygens (including phenoxy) is 2. The molecule has 0 rings (SSSR count). The van der Waals surface area contributed by atoms with Gasteiger partial charge in [0.25, 0.3) is 0 Å². The quantitative estimate of drug-likeness (QED) is 0.662. The molecule has 2 atom stereocenters. The Labute approximate surface area is 92.1 Å². The summed E-state index contributed by atoms with van der Waals surface area (Å²) in [6.45, 7) is 8.69. The van der Waals surface area contributed by atoms with Crippen molar-refractivity contribution in [2.75, 3.05) is 19.8 Å². The zero-order valence-electron chi connectivity index (χ0n) is 10.2. The molecule has 4 nitrogen and oxygen atoms in total. The van der Waals surface area contributed by atoms with E-state index in [1.165, 1.54) is 0 Å². The van der Waals surface area contributed by atoms with Crippen molar-refractivity contribution in [3.63, 3.8) is 0 Å². The first-order valence-corrected chi connectivity index (χ1v) is 5.51. The van der Waals surface area contributed by atoms with Crippen molar-refractivity contribution in [1.82, 2.24) is 0 Å². The lowest BCUT2D eigenvalue weighted by atomic mass is 9.94. The predicted molar refractivity (Wildman–Crippen MR) is 59.8 cm³/mol. The van der Waals surface area contributed by atoms with Crippen LogP contribution in [0.5, 0.6) is 0 Å². The molecule has 2 N–H and O–H groups in total. The zero-order chi connectivity index (χ0) is 11.9. The van der Waals surface area contributed by atoms with Crippen molar-refractivity contribution in [1.29, 1.82) is 0 Å². The predicted octanol–water partition coefficient (Wildman–Crippen LogP) is 1.12. The van der Waals surface area contributed by atoms with Gasteiger partial charge in [0.1, 0.15) is 11.7 Å². The van der Waals surface area contributed by atoms with Gasteiger partial charge in [0, 0.05) is 13.2 Å². The van der Waals surface area contributed by atoms with E-state index in [0.29, 0.717) is 26.2 Å². The third-order valence-corrected chi connectivity index (χ3v) is 2.52. The van der Waals surface area contributed by atoms with E-state index in [4.69, 9.17) is 15.2 Å². The molecule has 0 aromatic rings. The molecule has 4 heteroatoms. The van der Waals surface area contributed by atoms with Gasteiger partial charge in [-0.25, -0.2) is 0 Å². The monoisotopic (exact) mass is 217 g/mol. The molecule has 0 aliphatic rings. The number of hydrogen-bond acceptors (Lipinski definition) is 4. The molecule has 0 aliphatic carbocycles. The molecule has 0 saturated heterocycles. The summed E-state index contributed by atoms with van der Waals surface area (Å²) >= 11 is 0. The minimum atomic E-state index is -0.770. The molecular weight excluding hydrogens is 194 g/mol. The molecule has 0 saturated carbocycles. The molecule has 0 amide bonds. The van der Waals surface area contributed by atoms with E-state index in [9.17, 15) is 4.79 Å². The van der Waals surface area contributed by atoms with Gasteiger partial charge < -0.3 is 15.2 Å². The summed E-state index contributed by atoms with van der Waals surface area (Å²) in [6.07, 6.45) is 0.209. The van der Waals surface area contributed by atoms with Crippen molar-refractivity contribution in [3.8, 4) is 0 Å². The summed E-state index contributed by atoms with van der Waals surface area (Å²) in [5.41, 5.74) is 4.59. The molecule has 0 fully saturated rings. The van der Waals surface area contributed by atoms with Gasteiger partial charge in [-0.1, -0.05) is 6.92 Å². The first kappa shape index (κ1) is 14.6. The van der Waals surface area contributed by atoms with Crippen LogP contribution in [-0.2, 0) is 14.3 Å².